The maximum Gasteiger partial charge on any atom is 0.332 e. The minimum atomic E-state index is -0.673. The highest BCUT2D eigenvalue weighted by Crippen LogP contribution is 2.13. The molecule has 0 heterocycles. The highest BCUT2D eigenvalue weighted by atomic mass is 16.5. The Balaban J connectivity index is 2.55. The van der Waals surface area contributed by atoms with Gasteiger partial charge < -0.3 is 10.5 Å². The Morgan fingerprint density at radius 1 is 1.37 bits per heavy atom. The standard InChI is InChI=1S/C14H21N3O2/c1-10(2)8-9-19-13-6-4-12(5-7-13)11(3)16-17-14(15)18/h4-7,10H,8-9H2,1-3H3,(H3,15,17,18)/b16-11-. The first-order chi connectivity index (χ1) is 8.99. The van der Waals surface area contributed by atoms with Crippen LogP contribution in [0.5, 0.6) is 5.75 Å². The molecular formula is C14H21N3O2. The van der Waals surface area contributed by atoms with E-state index in [4.69, 9.17) is 10.5 Å². The molecule has 0 aromatic heterocycles. The summed E-state index contributed by atoms with van der Waals surface area (Å²) >= 11 is 0. The number of carbonyl (C=O) groups excluding carboxylic acids is 1. The third-order valence-electron chi connectivity index (χ3n) is 2.57. The van der Waals surface area contributed by atoms with Crippen LogP contribution in [0, 0.1) is 5.92 Å². The second-order valence-corrected chi connectivity index (χ2v) is 4.73. The Labute approximate surface area is 113 Å². The number of urea groups is 1. The van der Waals surface area contributed by atoms with Crippen LogP contribution in [0.2, 0.25) is 0 Å². The van der Waals surface area contributed by atoms with Crippen LogP contribution in [0.4, 0.5) is 4.79 Å². The summed E-state index contributed by atoms with van der Waals surface area (Å²) in [6.45, 7) is 6.84. The van der Waals surface area contributed by atoms with Crippen molar-refractivity contribution >= 4 is 11.7 Å². The summed E-state index contributed by atoms with van der Waals surface area (Å²) in [7, 11) is 0. The number of amides is 2. The molecule has 3 N–H and O–H groups in total. The van der Waals surface area contributed by atoms with Gasteiger partial charge in [0, 0.05) is 0 Å². The summed E-state index contributed by atoms with van der Waals surface area (Å²) in [5.74, 6) is 1.47. The quantitative estimate of drug-likeness (QED) is 0.611. The highest BCUT2D eigenvalue weighted by molar-refractivity contribution is 5.99. The van der Waals surface area contributed by atoms with Gasteiger partial charge in [0.25, 0.3) is 0 Å². The average molecular weight is 263 g/mol. The van der Waals surface area contributed by atoms with Crippen molar-refractivity contribution in [1.29, 1.82) is 0 Å². The highest BCUT2D eigenvalue weighted by Gasteiger charge is 2.00. The SMILES string of the molecule is C/C(=N/NC(N)=O)c1ccc(OCCC(C)C)cc1. The number of benzene rings is 1. The number of nitrogens with two attached hydrogens (primary N) is 1. The molecule has 0 aliphatic rings. The summed E-state index contributed by atoms with van der Waals surface area (Å²) in [4.78, 5) is 10.5. The molecule has 0 radical (unpaired) electrons. The summed E-state index contributed by atoms with van der Waals surface area (Å²) in [5, 5.41) is 3.86. The van der Waals surface area contributed by atoms with Crippen LogP contribution in [0.1, 0.15) is 32.8 Å². The number of ether oxygens (including phenoxy) is 1. The topological polar surface area (TPSA) is 76.7 Å². The number of hydrazone groups is 1. The molecule has 1 aromatic rings. The minimum absolute atomic E-state index is 0.633. The van der Waals surface area contributed by atoms with Crippen molar-refractivity contribution in [1.82, 2.24) is 5.43 Å². The zero-order valence-corrected chi connectivity index (χ0v) is 11.6. The molecular weight excluding hydrogens is 242 g/mol. The smallest absolute Gasteiger partial charge is 0.332 e. The molecule has 5 heteroatoms. The van der Waals surface area contributed by atoms with Crippen LogP contribution in [0.15, 0.2) is 29.4 Å². The van der Waals surface area contributed by atoms with Crippen LogP contribution in [-0.4, -0.2) is 18.3 Å². The van der Waals surface area contributed by atoms with E-state index in [1.807, 2.05) is 24.3 Å². The zero-order valence-electron chi connectivity index (χ0n) is 11.6. The lowest BCUT2D eigenvalue weighted by atomic mass is 10.1. The van der Waals surface area contributed by atoms with Crippen molar-refractivity contribution < 1.29 is 9.53 Å². The van der Waals surface area contributed by atoms with Crippen LogP contribution in [0.3, 0.4) is 0 Å². The number of hydrogen-bond acceptors (Lipinski definition) is 3. The monoisotopic (exact) mass is 263 g/mol. The Kier molecular flexibility index (Phi) is 5.85. The lowest BCUT2D eigenvalue weighted by molar-refractivity contribution is 0.249. The Bertz CT molecular complexity index is 439. The largest absolute Gasteiger partial charge is 0.494 e. The zero-order chi connectivity index (χ0) is 14.3. The Morgan fingerprint density at radius 3 is 2.53 bits per heavy atom. The minimum Gasteiger partial charge on any atom is -0.494 e. The Hall–Kier alpha value is -2.04. The summed E-state index contributed by atoms with van der Waals surface area (Å²) in [6, 6.07) is 6.89. The number of nitrogens with zero attached hydrogens (tertiary/aromatic N) is 1. The van der Waals surface area contributed by atoms with Crippen molar-refractivity contribution in [3.63, 3.8) is 0 Å². The van der Waals surface area contributed by atoms with E-state index >= 15 is 0 Å². The molecule has 104 valence electrons. The van der Waals surface area contributed by atoms with Crippen LogP contribution in [0.25, 0.3) is 0 Å². The summed E-state index contributed by atoms with van der Waals surface area (Å²) < 4.78 is 5.62. The molecule has 2 amide bonds. The first kappa shape index (κ1) is 15.0. The number of hydrogen-bond donors (Lipinski definition) is 2. The predicted molar refractivity (Wildman–Crippen MR) is 76.3 cm³/mol. The molecule has 0 fully saturated rings. The van der Waals surface area contributed by atoms with E-state index in [9.17, 15) is 4.79 Å². The van der Waals surface area contributed by atoms with Gasteiger partial charge in [-0.25, -0.2) is 10.2 Å². The maximum absolute atomic E-state index is 10.5. The summed E-state index contributed by atoms with van der Waals surface area (Å²) in [5.41, 5.74) is 8.74. The fourth-order valence-corrected chi connectivity index (χ4v) is 1.41. The molecule has 0 bridgehead atoms. The van der Waals surface area contributed by atoms with Gasteiger partial charge in [0.15, 0.2) is 0 Å². The summed E-state index contributed by atoms with van der Waals surface area (Å²) in [6.07, 6.45) is 1.03. The van der Waals surface area contributed by atoms with Crippen LogP contribution < -0.4 is 15.9 Å². The molecule has 0 saturated carbocycles. The van der Waals surface area contributed by atoms with Crippen LogP contribution in [-0.2, 0) is 0 Å². The van der Waals surface area contributed by atoms with Gasteiger partial charge in [-0.05, 0) is 49.1 Å². The van der Waals surface area contributed by atoms with Gasteiger partial charge in [0.2, 0.25) is 0 Å². The fraction of sp³-hybridized carbons (Fsp3) is 0.429. The lowest BCUT2D eigenvalue weighted by Crippen LogP contribution is -2.25. The molecule has 1 aromatic carbocycles. The number of nitrogens with one attached hydrogen (secondary N) is 1. The molecule has 0 aliphatic carbocycles. The molecule has 0 unspecified atom stereocenters. The molecule has 1 rings (SSSR count). The van der Waals surface area contributed by atoms with Gasteiger partial charge in [-0.3, -0.25) is 0 Å². The molecule has 5 nitrogen and oxygen atoms in total. The predicted octanol–water partition coefficient (Wildman–Crippen LogP) is 2.50. The van der Waals surface area contributed by atoms with E-state index in [1.165, 1.54) is 0 Å². The molecule has 0 atom stereocenters. The molecule has 0 aliphatic heterocycles. The van der Waals surface area contributed by atoms with Crippen molar-refractivity contribution in [2.24, 2.45) is 16.8 Å². The number of primary amides is 1. The lowest BCUT2D eigenvalue weighted by Gasteiger charge is -2.08. The van der Waals surface area contributed by atoms with E-state index in [0.717, 1.165) is 17.7 Å². The third-order valence-corrected chi connectivity index (χ3v) is 2.57. The van der Waals surface area contributed by atoms with E-state index in [-0.39, 0.29) is 0 Å². The van der Waals surface area contributed by atoms with Gasteiger partial charge in [-0.2, -0.15) is 5.10 Å². The van der Waals surface area contributed by atoms with E-state index in [1.54, 1.807) is 6.92 Å². The molecule has 0 saturated heterocycles. The van der Waals surface area contributed by atoms with E-state index < -0.39 is 6.03 Å². The molecule has 0 spiro atoms. The normalized spacial score (nSPS) is 11.5. The van der Waals surface area contributed by atoms with Gasteiger partial charge in [-0.15, -0.1) is 0 Å². The van der Waals surface area contributed by atoms with Gasteiger partial charge >= 0.3 is 6.03 Å². The third kappa shape index (κ3) is 5.90. The van der Waals surface area contributed by atoms with Gasteiger partial charge in [0.05, 0.1) is 12.3 Å². The fourth-order valence-electron chi connectivity index (χ4n) is 1.41. The maximum atomic E-state index is 10.5. The number of carbonyl (C=O) groups is 1. The second-order valence-electron chi connectivity index (χ2n) is 4.73. The molecule has 19 heavy (non-hydrogen) atoms. The first-order valence-electron chi connectivity index (χ1n) is 6.32. The number of rotatable bonds is 6. The average Bonchev–Trinajstić information content (AvgIpc) is 2.36. The van der Waals surface area contributed by atoms with Crippen molar-refractivity contribution in [2.45, 2.75) is 27.2 Å². The first-order valence-corrected chi connectivity index (χ1v) is 6.32. The van der Waals surface area contributed by atoms with Crippen LogP contribution >= 0.6 is 0 Å². The van der Waals surface area contributed by atoms with Crippen molar-refractivity contribution in [2.75, 3.05) is 6.61 Å². The van der Waals surface area contributed by atoms with E-state index in [2.05, 4.69) is 24.4 Å². The van der Waals surface area contributed by atoms with E-state index in [0.29, 0.717) is 18.2 Å². The Morgan fingerprint density at radius 2 is 2.00 bits per heavy atom. The van der Waals surface area contributed by atoms with Gasteiger partial charge in [-0.1, -0.05) is 13.8 Å². The van der Waals surface area contributed by atoms with Crippen molar-refractivity contribution in [3.05, 3.63) is 29.8 Å². The second kappa shape index (κ2) is 7.41. The van der Waals surface area contributed by atoms with Crippen molar-refractivity contribution in [3.8, 4) is 5.75 Å². The van der Waals surface area contributed by atoms with Gasteiger partial charge in [0.1, 0.15) is 5.75 Å².